The topological polar surface area (TPSA) is 52.6 Å². The molecule has 0 amide bonds. The van der Waals surface area contributed by atoms with E-state index in [2.05, 4.69) is 4.74 Å². The molecule has 0 N–H and O–H groups in total. The summed E-state index contributed by atoms with van der Waals surface area (Å²) in [5.74, 6) is -0.543. The molecule has 0 bridgehead atoms. The van der Waals surface area contributed by atoms with Crippen molar-refractivity contribution in [3.8, 4) is 0 Å². The van der Waals surface area contributed by atoms with Gasteiger partial charge in [0.25, 0.3) is 0 Å². The quantitative estimate of drug-likeness (QED) is 0.448. The zero-order valence-corrected chi connectivity index (χ0v) is 10.8. The van der Waals surface area contributed by atoms with Gasteiger partial charge in [0.15, 0.2) is 0 Å². The van der Waals surface area contributed by atoms with Gasteiger partial charge in [-0.1, -0.05) is 18.2 Å². The van der Waals surface area contributed by atoms with Gasteiger partial charge in [-0.2, -0.15) is 0 Å². The minimum absolute atomic E-state index is 0.0727. The normalized spacial score (nSPS) is 10.3. The molecule has 18 heavy (non-hydrogen) atoms. The van der Waals surface area contributed by atoms with Crippen LogP contribution in [0.3, 0.4) is 0 Å². The van der Waals surface area contributed by atoms with Crippen LogP contribution in [0, 0.1) is 0 Å². The highest BCUT2D eigenvalue weighted by molar-refractivity contribution is 8.00. The fourth-order valence-corrected chi connectivity index (χ4v) is 1.77. The Morgan fingerprint density at radius 3 is 2.67 bits per heavy atom. The van der Waals surface area contributed by atoms with Gasteiger partial charge in [0.2, 0.25) is 0 Å². The summed E-state index contributed by atoms with van der Waals surface area (Å²) in [5.41, 5.74) is 0. The van der Waals surface area contributed by atoms with Crippen molar-refractivity contribution < 1.29 is 19.1 Å². The minimum Gasteiger partial charge on any atom is -0.466 e. The maximum atomic E-state index is 11.3. The molecule has 0 aromatic heterocycles. The van der Waals surface area contributed by atoms with E-state index >= 15 is 0 Å². The second-order valence-electron chi connectivity index (χ2n) is 3.21. The first-order valence-electron chi connectivity index (χ1n) is 5.30. The zero-order valence-electron chi connectivity index (χ0n) is 10.00. The Labute approximate surface area is 110 Å². The first-order chi connectivity index (χ1) is 8.72. The van der Waals surface area contributed by atoms with Gasteiger partial charge in [-0.15, -0.1) is 11.8 Å². The maximum Gasteiger partial charge on any atom is 0.330 e. The lowest BCUT2D eigenvalue weighted by Gasteiger charge is -2.01. The van der Waals surface area contributed by atoms with Gasteiger partial charge in [0.1, 0.15) is 6.61 Å². The Hall–Kier alpha value is -1.75. The maximum absolute atomic E-state index is 11.3. The molecule has 96 valence electrons. The highest BCUT2D eigenvalue weighted by Crippen LogP contribution is 2.16. The number of carbonyl (C=O) groups is 2. The van der Waals surface area contributed by atoms with E-state index < -0.39 is 5.97 Å². The number of esters is 2. The van der Waals surface area contributed by atoms with Crippen LogP contribution in [0.1, 0.15) is 0 Å². The lowest BCUT2D eigenvalue weighted by Crippen LogP contribution is -2.07. The average Bonchev–Trinajstić information content (AvgIpc) is 2.42. The average molecular weight is 266 g/mol. The van der Waals surface area contributed by atoms with E-state index in [1.54, 1.807) is 0 Å². The second-order valence-corrected chi connectivity index (χ2v) is 4.26. The Morgan fingerprint density at radius 2 is 2.00 bits per heavy atom. The molecule has 0 radical (unpaired) electrons. The number of methoxy groups -OCH3 is 1. The molecule has 1 aromatic rings. The molecule has 1 aromatic carbocycles. The third-order valence-corrected chi connectivity index (χ3v) is 2.88. The van der Waals surface area contributed by atoms with Crippen LogP contribution in [0.25, 0.3) is 0 Å². The third kappa shape index (κ3) is 6.10. The highest BCUT2D eigenvalue weighted by Gasteiger charge is 2.02. The largest absolute Gasteiger partial charge is 0.466 e. The molecule has 0 spiro atoms. The van der Waals surface area contributed by atoms with Crippen molar-refractivity contribution in [3.05, 3.63) is 42.5 Å². The van der Waals surface area contributed by atoms with Crippen LogP contribution in [0.4, 0.5) is 0 Å². The number of hydrogen-bond acceptors (Lipinski definition) is 5. The summed E-state index contributed by atoms with van der Waals surface area (Å²) in [6.45, 7) is 0.0727. The number of carbonyl (C=O) groups excluding carboxylic acids is 2. The van der Waals surface area contributed by atoms with Gasteiger partial charge < -0.3 is 9.47 Å². The van der Waals surface area contributed by atoms with Crippen molar-refractivity contribution in [1.82, 2.24) is 0 Å². The SMILES string of the molecule is COC(=O)/C=C/COC(=O)CSc1ccccc1. The van der Waals surface area contributed by atoms with E-state index in [1.807, 2.05) is 30.3 Å². The summed E-state index contributed by atoms with van der Waals surface area (Å²) in [7, 11) is 1.29. The van der Waals surface area contributed by atoms with Crippen molar-refractivity contribution in [2.75, 3.05) is 19.5 Å². The zero-order chi connectivity index (χ0) is 13.2. The summed E-state index contributed by atoms with van der Waals surface area (Å²) < 4.78 is 9.30. The van der Waals surface area contributed by atoms with Crippen LogP contribution in [0.5, 0.6) is 0 Å². The molecule has 4 nitrogen and oxygen atoms in total. The summed E-state index contributed by atoms with van der Waals surface area (Å²) >= 11 is 1.41. The van der Waals surface area contributed by atoms with Crippen molar-refractivity contribution in [2.45, 2.75) is 4.90 Å². The molecule has 0 aliphatic carbocycles. The smallest absolute Gasteiger partial charge is 0.330 e. The highest BCUT2D eigenvalue weighted by atomic mass is 32.2. The van der Waals surface area contributed by atoms with Crippen LogP contribution in [0.15, 0.2) is 47.4 Å². The molecule has 5 heteroatoms. The first kappa shape index (κ1) is 14.3. The van der Waals surface area contributed by atoms with E-state index in [1.165, 1.54) is 31.0 Å². The first-order valence-corrected chi connectivity index (χ1v) is 6.29. The molecule has 0 heterocycles. The van der Waals surface area contributed by atoms with Gasteiger partial charge in [-0.05, 0) is 18.2 Å². The van der Waals surface area contributed by atoms with Crippen LogP contribution >= 0.6 is 11.8 Å². The van der Waals surface area contributed by atoms with Crippen molar-refractivity contribution in [3.63, 3.8) is 0 Å². The standard InChI is InChI=1S/C13H14O4S/c1-16-12(14)8-5-9-17-13(15)10-18-11-6-3-2-4-7-11/h2-8H,9-10H2,1H3/b8-5+. The van der Waals surface area contributed by atoms with E-state index in [4.69, 9.17) is 4.74 Å². The van der Waals surface area contributed by atoms with Crippen molar-refractivity contribution in [1.29, 1.82) is 0 Å². The van der Waals surface area contributed by atoms with Crippen molar-refractivity contribution in [2.24, 2.45) is 0 Å². The number of hydrogen-bond donors (Lipinski definition) is 0. The van der Waals surface area contributed by atoms with Crippen LogP contribution in [-0.4, -0.2) is 31.4 Å². The van der Waals surface area contributed by atoms with Crippen molar-refractivity contribution >= 4 is 23.7 Å². The van der Waals surface area contributed by atoms with E-state index in [-0.39, 0.29) is 18.3 Å². The Morgan fingerprint density at radius 1 is 1.28 bits per heavy atom. The molecule has 0 saturated heterocycles. The summed E-state index contributed by atoms with van der Waals surface area (Å²) in [6, 6.07) is 9.59. The van der Waals surface area contributed by atoms with Gasteiger partial charge >= 0.3 is 11.9 Å². The molecule has 0 fully saturated rings. The van der Waals surface area contributed by atoms with Gasteiger partial charge in [-0.3, -0.25) is 4.79 Å². The van der Waals surface area contributed by atoms with Crippen LogP contribution in [-0.2, 0) is 19.1 Å². The number of ether oxygens (including phenoxy) is 2. The van der Waals surface area contributed by atoms with E-state index in [9.17, 15) is 9.59 Å². The molecular formula is C13H14O4S. The Kier molecular flexibility index (Phi) is 6.64. The summed E-state index contributed by atoms with van der Waals surface area (Å²) in [6.07, 6.45) is 2.66. The Balaban J connectivity index is 2.18. The minimum atomic E-state index is -0.468. The molecule has 1 rings (SSSR count). The number of rotatable bonds is 6. The molecule has 0 aliphatic heterocycles. The van der Waals surface area contributed by atoms with Crippen LogP contribution < -0.4 is 0 Å². The molecular weight excluding hydrogens is 252 g/mol. The van der Waals surface area contributed by atoms with Gasteiger partial charge in [0, 0.05) is 11.0 Å². The lowest BCUT2D eigenvalue weighted by atomic mass is 10.4. The number of benzene rings is 1. The van der Waals surface area contributed by atoms with E-state index in [0.29, 0.717) is 0 Å². The third-order valence-electron chi connectivity index (χ3n) is 1.90. The lowest BCUT2D eigenvalue weighted by molar-refractivity contribution is -0.139. The Bertz CT molecular complexity index is 414. The second kappa shape index (κ2) is 8.36. The molecule has 0 aliphatic rings. The van der Waals surface area contributed by atoms with Gasteiger partial charge in [-0.25, -0.2) is 4.79 Å². The fourth-order valence-electron chi connectivity index (χ4n) is 1.05. The van der Waals surface area contributed by atoms with E-state index in [0.717, 1.165) is 4.90 Å². The summed E-state index contributed by atoms with van der Waals surface area (Å²) in [5, 5.41) is 0. The molecule has 0 saturated carbocycles. The number of thioether (sulfide) groups is 1. The van der Waals surface area contributed by atoms with Crippen LogP contribution in [0.2, 0.25) is 0 Å². The molecule has 0 unspecified atom stereocenters. The predicted molar refractivity (Wildman–Crippen MR) is 69.3 cm³/mol. The summed E-state index contributed by atoms with van der Waals surface area (Å²) in [4.78, 5) is 23.1. The molecule has 0 atom stereocenters. The fraction of sp³-hybridized carbons (Fsp3) is 0.231. The predicted octanol–water partition coefficient (Wildman–Crippen LogP) is 2.05. The van der Waals surface area contributed by atoms with Gasteiger partial charge in [0.05, 0.1) is 12.9 Å². The monoisotopic (exact) mass is 266 g/mol.